The summed E-state index contributed by atoms with van der Waals surface area (Å²) in [4.78, 5) is 0. The highest BCUT2D eigenvalue weighted by atomic mass is 28.4. The molecule has 0 aliphatic carbocycles. The summed E-state index contributed by atoms with van der Waals surface area (Å²) in [5, 5.41) is 12.5. The minimum atomic E-state index is -2.55. The van der Waals surface area contributed by atoms with Crippen LogP contribution in [0.15, 0.2) is 60.7 Å². The molecule has 2 aromatic rings. The maximum absolute atomic E-state index is 9.86. The van der Waals surface area contributed by atoms with Crippen molar-refractivity contribution in [3.63, 3.8) is 0 Å². The summed E-state index contributed by atoms with van der Waals surface area (Å²) >= 11 is 0. The van der Waals surface area contributed by atoms with Gasteiger partial charge in [-0.1, -0.05) is 146 Å². The Morgan fingerprint density at radius 3 is 1.58 bits per heavy atom. The summed E-state index contributed by atoms with van der Waals surface area (Å²) in [6, 6.07) is 21.7. The first-order chi connectivity index (χ1) is 16.0. The molecule has 0 fully saturated rings. The second kappa shape index (κ2) is 14.8. The van der Waals surface area contributed by atoms with Crippen LogP contribution in [-0.4, -0.2) is 26.1 Å². The molecule has 1 atom stereocenters. The first-order valence-corrected chi connectivity index (χ1v) is 15.3. The van der Waals surface area contributed by atoms with E-state index in [1.54, 1.807) is 0 Å². The maximum atomic E-state index is 9.86. The van der Waals surface area contributed by atoms with Gasteiger partial charge in [-0.15, -0.1) is 0 Å². The van der Waals surface area contributed by atoms with Gasteiger partial charge in [-0.25, -0.2) is 0 Å². The van der Waals surface area contributed by atoms with Gasteiger partial charge in [0.2, 0.25) is 0 Å². The number of unbranched alkanes of at least 4 members (excludes halogenated alkanes) is 8. The summed E-state index contributed by atoms with van der Waals surface area (Å²) in [6.45, 7) is 9.44. The molecule has 0 bridgehead atoms. The van der Waals surface area contributed by atoms with Crippen molar-refractivity contribution >= 4 is 18.7 Å². The minimum absolute atomic E-state index is 0.0259. The minimum Gasteiger partial charge on any atom is -0.404 e. The molecule has 3 heteroatoms. The molecule has 2 nitrogen and oxygen atoms in total. The lowest BCUT2D eigenvalue weighted by Gasteiger charge is -2.45. The van der Waals surface area contributed by atoms with Crippen LogP contribution in [0.1, 0.15) is 98.3 Å². The highest BCUT2D eigenvalue weighted by Gasteiger charge is 2.51. The van der Waals surface area contributed by atoms with Crippen molar-refractivity contribution in [2.75, 3.05) is 6.61 Å². The summed E-state index contributed by atoms with van der Waals surface area (Å²) in [7, 11) is -2.55. The molecule has 0 radical (unpaired) electrons. The van der Waals surface area contributed by atoms with Gasteiger partial charge in [-0.3, -0.25) is 0 Å². The van der Waals surface area contributed by atoms with Crippen LogP contribution >= 0.6 is 0 Å². The molecule has 1 unspecified atom stereocenters. The van der Waals surface area contributed by atoms with Gasteiger partial charge in [-0.2, -0.15) is 0 Å². The van der Waals surface area contributed by atoms with Crippen LogP contribution in [0.3, 0.4) is 0 Å². The van der Waals surface area contributed by atoms with E-state index in [0.717, 1.165) is 6.42 Å². The lowest BCUT2D eigenvalue weighted by molar-refractivity contribution is 0.133. The fraction of sp³-hybridized carbons (Fsp3) is 0.600. The van der Waals surface area contributed by atoms with Gasteiger partial charge in [0.05, 0.1) is 0 Å². The third-order valence-electron chi connectivity index (χ3n) is 6.84. The monoisotopic (exact) mass is 468 g/mol. The quantitative estimate of drug-likeness (QED) is 0.208. The van der Waals surface area contributed by atoms with Crippen molar-refractivity contribution in [3.05, 3.63) is 60.7 Å². The van der Waals surface area contributed by atoms with Gasteiger partial charge in [0, 0.05) is 12.7 Å². The van der Waals surface area contributed by atoms with Crippen LogP contribution in [0, 0.1) is 0 Å². The molecule has 0 saturated carbocycles. The Hall–Kier alpha value is -1.42. The van der Waals surface area contributed by atoms with Crippen LogP contribution in [0.4, 0.5) is 0 Å². The molecule has 0 heterocycles. The highest BCUT2D eigenvalue weighted by molar-refractivity contribution is 6.99. The van der Waals surface area contributed by atoms with E-state index in [1.165, 1.54) is 68.2 Å². The van der Waals surface area contributed by atoms with Crippen molar-refractivity contribution < 1.29 is 9.53 Å². The number of aliphatic hydroxyl groups excluding tert-OH is 1. The van der Waals surface area contributed by atoms with Gasteiger partial charge in [-0.05, 0) is 28.3 Å². The Morgan fingerprint density at radius 1 is 0.697 bits per heavy atom. The lowest BCUT2D eigenvalue weighted by atomic mass is 10.0. The van der Waals surface area contributed by atoms with Crippen LogP contribution in [0.2, 0.25) is 5.04 Å². The first-order valence-electron chi connectivity index (χ1n) is 13.4. The number of aliphatic hydroxyl groups is 1. The Bertz CT molecular complexity index is 699. The van der Waals surface area contributed by atoms with Gasteiger partial charge >= 0.3 is 0 Å². The van der Waals surface area contributed by atoms with Crippen LogP contribution in [0.5, 0.6) is 0 Å². The van der Waals surface area contributed by atoms with Crippen molar-refractivity contribution in [3.8, 4) is 0 Å². The molecule has 1 N–H and O–H groups in total. The van der Waals surface area contributed by atoms with Crippen LogP contribution in [-0.2, 0) is 4.43 Å². The average Bonchev–Trinajstić information content (AvgIpc) is 2.81. The first kappa shape index (κ1) is 27.8. The standard InChI is InChI=1S/C30H48O2Si/c1-5-6-7-8-9-10-11-12-15-20-27(25-26-31)32-33(30(2,3)4,28-21-16-13-17-22-28)29-23-18-14-19-24-29/h13-14,16-19,21-24,27,31H,5-12,15,20,25-26H2,1-4H3. The highest BCUT2D eigenvalue weighted by Crippen LogP contribution is 2.38. The van der Waals surface area contributed by atoms with E-state index in [2.05, 4.69) is 88.4 Å². The van der Waals surface area contributed by atoms with E-state index in [0.29, 0.717) is 6.42 Å². The Kier molecular flexibility index (Phi) is 12.4. The van der Waals surface area contributed by atoms with E-state index in [-0.39, 0.29) is 17.7 Å². The summed E-state index contributed by atoms with van der Waals surface area (Å²) in [6.07, 6.45) is 13.8. The molecule has 0 aliphatic heterocycles. The Labute approximate surface area is 204 Å². The van der Waals surface area contributed by atoms with E-state index in [4.69, 9.17) is 4.43 Å². The second-order valence-electron chi connectivity index (χ2n) is 10.5. The van der Waals surface area contributed by atoms with E-state index in [9.17, 15) is 5.11 Å². The molecular formula is C30H48O2Si. The van der Waals surface area contributed by atoms with Crippen molar-refractivity contribution in [1.82, 2.24) is 0 Å². The second-order valence-corrected chi connectivity index (χ2v) is 14.8. The Morgan fingerprint density at radius 2 is 1.15 bits per heavy atom. The normalized spacial score (nSPS) is 13.2. The summed E-state index contributed by atoms with van der Waals surface area (Å²) in [5.41, 5.74) is 0. The Balaban J connectivity index is 2.12. The van der Waals surface area contributed by atoms with Gasteiger partial charge < -0.3 is 9.53 Å². The van der Waals surface area contributed by atoms with E-state index >= 15 is 0 Å². The fourth-order valence-electron chi connectivity index (χ4n) is 5.03. The fourth-order valence-corrected chi connectivity index (χ4v) is 9.78. The zero-order chi connectivity index (χ0) is 24.0. The molecule has 0 aliphatic rings. The zero-order valence-electron chi connectivity index (χ0n) is 21.7. The average molecular weight is 469 g/mol. The molecule has 0 saturated heterocycles. The predicted molar refractivity (Wildman–Crippen MR) is 146 cm³/mol. The topological polar surface area (TPSA) is 29.5 Å². The molecule has 2 rings (SSSR count). The van der Waals surface area contributed by atoms with Crippen molar-refractivity contribution in [2.45, 2.75) is 109 Å². The molecule has 0 aromatic heterocycles. The van der Waals surface area contributed by atoms with Gasteiger partial charge in [0.25, 0.3) is 8.32 Å². The maximum Gasteiger partial charge on any atom is 0.261 e. The number of benzene rings is 2. The van der Waals surface area contributed by atoms with Crippen LogP contribution < -0.4 is 10.4 Å². The third kappa shape index (κ3) is 8.38. The molecule has 184 valence electrons. The van der Waals surface area contributed by atoms with Crippen molar-refractivity contribution in [2.24, 2.45) is 0 Å². The summed E-state index contributed by atoms with van der Waals surface area (Å²) < 4.78 is 7.27. The molecule has 0 amide bonds. The summed E-state index contributed by atoms with van der Waals surface area (Å²) in [5.74, 6) is 0. The molecule has 33 heavy (non-hydrogen) atoms. The van der Waals surface area contributed by atoms with E-state index < -0.39 is 8.32 Å². The predicted octanol–water partition coefficient (Wildman–Crippen LogP) is 7.23. The van der Waals surface area contributed by atoms with Gasteiger partial charge in [0.15, 0.2) is 0 Å². The zero-order valence-corrected chi connectivity index (χ0v) is 22.7. The third-order valence-corrected chi connectivity index (χ3v) is 11.9. The number of hydrogen-bond donors (Lipinski definition) is 1. The molecule has 0 spiro atoms. The van der Waals surface area contributed by atoms with Gasteiger partial charge in [0.1, 0.15) is 0 Å². The van der Waals surface area contributed by atoms with E-state index in [1.807, 2.05) is 0 Å². The number of hydrogen-bond acceptors (Lipinski definition) is 2. The van der Waals surface area contributed by atoms with Crippen LogP contribution in [0.25, 0.3) is 0 Å². The number of rotatable bonds is 16. The van der Waals surface area contributed by atoms with Crippen molar-refractivity contribution in [1.29, 1.82) is 0 Å². The lowest BCUT2D eigenvalue weighted by Crippen LogP contribution is -2.67. The molecule has 2 aromatic carbocycles. The molecular weight excluding hydrogens is 420 g/mol. The largest absolute Gasteiger partial charge is 0.404 e. The SMILES string of the molecule is CCCCCCCCCCCC(CCO)O[Si](c1ccccc1)(c1ccccc1)C(C)(C)C. The smallest absolute Gasteiger partial charge is 0.261 e.